The molecular weight excluding hydrogens is 240 g/mol. The van der Waals surface area contributed by atoms with Crippen molar-refractivity contribution in [3.63, 3.8) is 0 Å². The van der Waals surface area contributed by atoms with Crippen LogP contribution in [0.1, 0.15) is 52.9 Å². The van der Waals surface area contributed by atoms with Crippen LogP contribution in [0, 0.1) is 0 Å². The molecule has 1 aliphatic carbocycles. The first kappa shape index (κ1) is 16.4. The number of likely N-dealkylation sites (N-methyl/N-ethyl adjacent to an activating group) is 1. The summed E-state index contributed by atoms with van der Waals surface area (Å²) < 4.78 is 5.17. The quantitative estimate of drug-likeness (QED) is 0.488. The molecule has 1 rings (SSSR count). The number of unbranched alkanes of at least 4 members (excludes halogenated alkanes) is 1. The predicted octanol–water partition coefficient (Wildman–Crippen LogP) is 2.18. The van der Waals surface area contributed by atoms with E-state index >= 15 is 0 Å². The lowest BCUT2D eigenvalue weighted by molar-refractivity contribution is -0.150. The molecule has 0 spiro atoms. The van der Waals surface area contributed by atoms with Crippen molar-refractivity contribution < 1.29 is 9.53 Å². The van der Waals surface area contributed by atoms with E-state index in [1.54, 1.807) is 0 Å². The Bertz CT molecular complexity index is 279. The highest BCUT2D eigenvalue weighted by Crippen LogP contribution is 2.25. The van der Waals surface area contributed by atoms with Gasteiger partial charge in [0.05, 0.1) is 6.61 Å². The summed E-state index contributed by atoms with van der Waals surface area (Å²) in [6.07, 6.45) is 5.76. The van der Waals surface area contributed by atoms with Crippen LogP contribution in [-0.2, 0) is 9.53 Å². The van der Waals surface area contributed by atoms with Gasteiger partial charge in [-0.25, -0.2) is 0 Å². The minimum absolute atomic E-state index is 0.118. The summed E-state index contributed by atoms with van der Waals surface area (Å²) in [6.45, 7) is 8.21. The third kappa shape index (κ3) is 5.49. The van der Waals surface area contributed by atoms with E-state index in [4.69, 9.17) is 4.74 Å². The second-order valence-corrected chi connectivity index (χ2v) is 5.75. The minimum atomic E-state index is -0.525. The zero-order chi connectivity index (χ0) is 14.3. The van der Waals surface area contributed by atoms with Gasteiger partial charge >= 0.3 is 5.97 Å². The molecule has 1 saturated carbocycles. The van der Waals surface area contributed by atoms with Crippen molar-refractivity contribution >= 4 is 5.97 Å². The van der Waals surface area contributed by atoms with Crippen molar-refractivity contribution in [1.29, 1.82) is 0 Å². The molecule has 1 N–H and O–H groups in total. The third-order valence-corrected chi connectivity index (χ3v) is 3.90. The van der Waals surface area contributed by atoms with E-state index in [1.807, 2.05) is 20.8 Å². The van der Waals surface area contributed by atoms with Crippen LogP contribution >= 0.6 is 0 Å². The van der Waals surface area contributed by atoms with Crippen molar-refractivity contribution in [2.24, 2.45) is 0 Å². The lowest BCUT2D eigenvalue weighted by Gasteiger charge is -2.28. The van der Waals surface area contributed by atoms with E-state index in [9.17, 15) is 4.79 Å². The molecule has 0 amide bonds. The first-order valence-electron chi connectivity index (χ1n) is 7.66. The fourth-order valence-electron chi connectivity index (χ4n) is 2.48. The third-order valence-electron chi connectivity index (χ3n) is 3.90. The lowest BCUT2D eigenvalue weighted by atomic mass is 9.94. The molecule has 4 heteroatoms. The Morgan fingerprint density at radius 3 is 2.58 bits per heavy atom. The van der Waals surface area contributed by atoms with E-state index in [-0.39, 0.29) is 5.97 Å². The molecule has 4 nitrogen and oxygen atoms in total. The highest BCUT2D eigenvalue weighted by Gasteiger charge is 2.33. The smallest absolute Gasteiger partial charge is 0.326 e. The van der Waals surface area contributed by atoms with Gasteiger partial charge in [0.15, 0.2) is 0 Å². The fraction of sp³-hybridized carbons (Fsp3) is 0.933. The lowest BCUT2D eigenvalue weighted by Crippen LogP contribution is -2.50. The zero-order valence-electron chi connectivity index (χ0n) is 13.0. The fourth-order valence-corrected chi connectivity index (χ4v) is 2.48. The molecule has 19 heavy (non-hydrogen) atoms. The molecule has 1 unspecified atom stereocenters. The zero-order valence-corrected chi connectivity index (χ0v) is 13.0. The summed E-state index contributed by atoms with van der Waals surface area (Å²) in [5.74, 6) is -0.118. The second kappa shape index (κ2) is 7.85. The van der Waals surface area contributed by atoms with Crippen molar-refractivity contribution in [2.45, 2.75) is 64.5 Å². The number of carbonyl (C=O) groups is 1. The molecule has 1 aliphatic rings. The molecule has 0 heterocycles. The number of rotatable bonds is 10. The molecule has 0 radical (unpaired) electrons. The number of hydrogen-bond donors (Lipinski definition) is 1. The van der Waals surface area contributed by atoms with Gasteiger partial charge in [-0.1, -0.05) is 6.92 Å². The summed E-state index contributed by atoms with van der Waals surface area (Å²) in [6, 6.07) is 0.824. The van der Waals surface area contributed by atoms with Crippen molar-refractivity contribution in [3.05, 3.63) is 0 Å². The molecule has 112 valence electrons. The van der Waals surface area contributed by atoms with Gasteiger partial charge in [0.25, 0.3) is 0 Å². The van der Waals surface area contributed by atoms with Crippen LogP contribution in [0.25, 0.3) is 0 Å². The monoisotopic (exact) mass is 270 g/mol. The minimum Gasteiger partial charge on any atom is -0.465 e. The average molecular weight is 270 g/mol. The normalized spacial score (nSPS) is 18.4. The van der Waals surface area contributed by atoms with Crippen LogP contribution < -0.4 is 5.32 Å². The van der Waals surface area contributed by atoms with Gasteiger partial charge < -0.3 is 15.0 Å². The van der Waals surface area contributed by atoms with Crippen molar-refractivity contribution in [2.75, 3.05) is 26.7 Å². The Kier molecular flexibility index (Phi) is 6.80. The average Bonchev–Trinajstić information content (AvgIpc) is 3.19. The van der Waals surface area contributed by atoms with E-state index in [2.05, 4.69) is 17.3 Å². The Morgan fingerprint density at radius 1 is 1.37 bits per heavy atom. The summed E-state index contributed by atoms with van der Waals surface area (Å²) >= 11 is 0. The number of hydrogen-bond acceptors (Lipinski definition) is 4. The molecule has 1 fully saturated rings. The molecule has 0 bridgehead atoms. The van der Waals surface area contributed by atoms with Crippen LogP contribution in [0.5, 0.6) is 0 Å². The second-order valence-electron chi connectivity index (χ2n) is 5.75. The van der Waals surface area contributed by atoms with Gasteiger partial charge in [-0.3, -0.25) is 4.79 Å². The largest absolute Gasteiger partial charge is 0.465 e. The molecule has 0 aliphatic heterocycles. The molecule has 1 atom stereocenters. The number of nitrogens with one attached hydrogen (secondary N) is 1. The summed E-state index contributed by atoms with van der Waals surface area (Å²) in [5.41, 5.74) is -0.525. The van der Waals surface area contributed by atoms with Gasteiger partial charge in [0.1, 0.15) is 5.54 Å². The number of ether oxygens (including phenoxy) is 1. The Hall–Kier alpha value is -0.610. The first-order valence-corrected chi connectivity index (χ1v) is 7.66. The molecule has 0 aromatic rings. The van der Waals surface area contributed by atoms with Crippen molar-refractivity contribution in [3.8, 4) is 0 Å². The highest BCUT2D eigenvalue weighted by atomic mass is 16.5. The predicted molar refractivity (Wildman–Crippen MR) is 78.2 cm³/mol. The summed E-state index contributed by atoms with van der Waals surface area (Å²) in [4.78, 5) is 14.4. The molecule has 0 aromatic heterocycles. The number of carbonyl (C=O) groups excluding carboxylic acids is 1. The van der Waals surface area contributed by atoms with Crippen molar-refractivity contribution in [1.82, 2.24) is 10.2 Å². The van der Waals surface area contributed by atoms with E-state index in [0.717, 1.165) is 38.4 Å². The first-order chi connectivity index (χ1) is 9.03. The molecule has 0 saturated heterocycles. The van der Waals surface area contributed by atoms with E-state index in [0.29, 0.717) is 6.61 Å². The topological polar surface area (TPSA) is 41.6 Å². The van der Waals surface area contributed by atoms with E-state index in [1.165, 1.54) is 12.8 Å². The van der Waals surface area contributed by atoms with Gasteiger partial charge in [0.2, 0.25) is 0 Å². The number of nitrogens with zero attached hydrogens (tertiary/aromatic N) is 1. The standard InChI is InChI=1S/C15H30N2O2/c1-5-16-15(3,14(18)19-6-2)11-7-8-12-17(4)13-9-10-13/h13,16H,5-12H2,1-4H3. The van der Waals surface area contributed by atoms with Crippen LogP contribution in [0.2, 0.25) is 0 Å². The van der Waals surface area contributed by atoms with Gasteiger partial charge in [-0.05, 0) is 66.1 Å². The van der Waals surface area contributed by atoms with Crippen LogP contribution in [0.15, 0.2) is 0 Å². The van der Waals surface area contributed by atoms with Gasteiger partial charge in [-0.15, -0.1) is 0 Å². The maximum absolute atomic E-state index is 12.0. The van der Waals surface area contributed by atoms with Gasteiger partial charge in [-0.2, -0.15) is 0 Å². The van der Waals surface area contributed by atoms with Gasteiger partial charge in [0, 0.05) is 6.04 Å². The maximum Gasteiger partial charge on any atom is 0.326 e. The molecular formula is C15H30N2O2. The summed E-state index contributed by atoms with van der Waals surface area (Å²) in [5, 5.41) is 3.28. The maximum atomic E-state index is 12.0. The van der Waals surface area contributed by atoms with Crippen LogP contribution in [0.4, 0.5) is 0 Å². The Balaban J connectivity index is 2.29. The SMILES string of the molecule is CCNC(C)(CCCCN(C)C1CC1)C(=O)OCC. The molecule has 0 aromatic carbocycles. The van der Waals surface area contributed by atoms with Crippen LogP contribution in [-0.4, -0.2) is 49.2 Å². The number of esters is 1. The van der Waals surface area contributed by atoms with E-state index < -0.39 is 5.54 Å². The Labute approximate surface area is 117 Å². The van der Waals surface area contributed by atoms with Crippen LogP contribution in [0.3, 0.4) is 0 Å². The summed E-state index contributed by atoms with van der Waals surface area (Å²) in [7, 11) is 2.20. The Morgan fingerprint density at radius 2 is 2.05 bits per heavy atom. The highest BCUT2D eigenvalue weighted by molar-refractivity contribution is 5.80.